The Kier molecular flexibility index (Phi) is 6.66. The first-order chi connectivity index (χ1) is 17.0. The number of nitrogens with one attached hydrogen (secondary N) is 1. The van der Waals surface area contributed by atoms with E-state index in [9.17, 15) is 13.2 Å². The van der Waals surface area contributed by atoms with Crippen LogP contribution in [-0.4, -0.2) is 43.5 Å². The van der Waals surface area contributed by atoms with E-state index in [1.807, 2.05) is 25.1 Å². The highest BCUT2D eigenvalue weighted by Gasteiger charge is 2.41. The lowest BCUT2D eigenvalue weighted by molar-refractivity contribution is 0.0981. The Morgan fingerprint density at radius 3 is 2.61 bits per heavy atom. The topological polar surface area (TPSA) is 128 Å². The summed E-state index contributed by atoms with van der Waals surface area (Å²) in [5.74, 6) is 0.426. The highest BCUT2D eigenvalue weighted by molar-refractivity contribution is 7.90. The fourth-order valence-corrected chi connectivity index (χ4v) is 5.52. The molecule has 0 radical (unpaired) electrons. The van der Waals surface area contributed by atoms with Crippen molar-refractivity contribution >= 4 is 27.6 Å². The minimum atomic E-state index is -4.25. The normalized spacial score (nSPS) is 17.1. The Labute approximate surface area is 211 Å². The highest BCUT2D eigenvalue weighted by Crippen LogP contribution is 2.40. The standard InChI is InChI=1S/C26H31N5O4S/c1-16-8-11-21(35-5)19(15-16)20-10-9-18(24(29-20)31-14-12-17(2)26(31,3)4)25(32)30-36(33,34)22-7-6-13-28-23(22)27/h6-11,13,15,17H,12,14H2,1-5H3,(H2,27,28)(H,30,32). The summed E-state index contributed by atoms with van der Waals surface area (Å²) in [4.78, 5) is 23.9. The number of methoxy groups -OCH3 is 1. The molecule has 0 aliphatic carbocycles. The summed E-state index contributed by atoms with van der Waals surface area (Å²) in [7, 11) is -2.66. The molecule has 1 unspecified atom stereocenters. The number of rotatable bonds is 6. The molecular weight excluding hydrogens is 478 g/mol. The molecule has 1 atom stereocenters. The van der Waals surface area contributed by atoms with Gasteiger partial charge >= 0.3 is 0 Å². The van der Waals surface area contributed by atoms with Crippen LogP contribution in [0.2, 0.25) is 0 Å². The number of nitrogen functional groups attached to an aromatic ring is 1. The number of sulfonamides is 1. The van der Waals surface area contributed by atoms with Gasteiger partial charge in [-0.3, -0.25) is 4.79 Å². The molecule has 9 nitrogen and oxygen atoms in total. The van der Waals surface area contributed by atoms with Gasteiger partial charge in [-0.2, -0.15) is 0 Å². The van der Waals surface area contributed by atoms with Gasteiger partial charge in [0.2, 0.25) is 0 Å². The predicted octanol–water partition coefficient (Wildman–Crippen LogP) is 3.79. The van der Waals surface area contributed by atoms with Gasteiger partial charge in [0, 0.05) is 23.8 Å². The van der Waals surface area contributed by atoms with E-state index < -0.39 is 15.9 Å². The summed E-state index contributed by atoms with van der Waals surface area (Å²) < 4.78 is 33.6. The first-order valence-corrected chi connectivity index (χ1v) is 13.2. The zero-order chi connectivity index (χ0) is 26.3. The maximum absolute atomic E-state index is 13.4. The van der Waals surface area contributed by atoms with Gasteiger partial charge in [0.25, 0.3) is 15.9 Å². The van der Waals surface area contributed by atoms with Crippen LogP contribution in [-0.2, 0) is 10.0 Å². The number of nitrogens with zero attached hydrogens (tertiary/aromatic N) is 3. The van der Waals surface area contributed by atoms with Crippen LogP contribution in [0.4, 0.5) is 11.6 Å². The molecule has 1 aromatic carbocycles. The summed E-state index contributed by atoms with van der Waals surface area (Å²) >= 11 is 0. The van der Waals surface area contributed by atoms with E-state index in [0.29, 0.717) is 29.7 Å². The molecule has 0 bridgehead atoms. The number of amides is 1. The molecule has 1 fully saturated rings. The molecule has 0 spiro atoms. The van der Waals surface area contributed by atoms with Crippen molar-refractivity contribution in [3.63, 3.8) is 0 Å². The van der Waals surface area contributed by atoms with Crippen LogP contribution in [0.1, 0.15) is 43.1 Å². The first-order valence-electron chi connectivity index (χ1n) is 11.7. The molecule has 2 aromatic heterocycles. The molecule has 3 aromatic rings. The number of ether oxygens (including phenoxy) is 1. The van der Waals surface area contributed by atoms with Crippen LogP contribution in [0.5, 0.6) is 5.75 Å². The minimum absolute atomic E-state index is 0.151. The van der Waals surface area contributed by atoms with Crippen LogP contribution < -0.4 is 20.1 Å². The summed E-state index contributed by atoms with van der Waals surface area (Å²) in [5, 5.41) is 0. The van der Waals surface area contributed by atoms with Gasteiger partial charge in [-0.15, -0.1) is 0 Å². The van der Waals surface area contributed by atoms with E-state index in [2.05, 4.69) is 35.4 Å². The Morgan fingerprint density at radius 1 is 1.22 bits per heavy atom. The van der Waals surface area contributed by atoms with Crippen molar-refractivity contribution in [1.29, 1.82) is 0 Å². The summed E-state index contributed by atoms with van der Waals surface area (Å²) in [6, 6.07) is 11.8. The monoisotopic (exact) mass is 509 g/mol. The molecule has 10 heteroatoms. The lowest BCUT2D eigenvalue weighted by Crippen LogP contribution is -2.43. The van der Waals surface area contributed by atoms with Gasteiger partial charge in [-0.1, -0.05) is 18.6 Å². The average Bonchev–Trinajstić information content (AvgIpc) is 3.10. The van der Waals surface area contributed by atoms with Crippen LogP contribution in [0.3, 0.4) is 0 Å². The largest absolute Gasteiger partial charge is 0.496 e. The lowest BCUT2D eigenvalue weighted by Gasteiger charge is -2.36. The number of hydrogen-bond donors (Lipinski definition) is 2. The number of hydrogen-bond acceptors (Lipinski definition) is 8. The predicted molar refractivity (Wildman–Crippen MR) is 139 cm³/mol. The number of carbonyl (C=O) groups is 1. The van der Waals surface area contributed by atoms with Crippen molar-refractivity contribution in [2.75, 3.05) is 24.3 Å². The maximum atomic E-state index is 13.4. The minimum Gasteiger partial charge on any atom is -0.496 e. The Bertz CT molecular complexity index is 1420. The molecule has 36 heavy (non-hydrogen) atoms. The van der Waals surface area contributed by atoms with E-state index in [4.69, 9.17) is 15.5 Å². The molecular formula is C26H31N5O4S. The van der Waals surface area contributed by atoms with E-state index in [-0.39, 0.29) is 21.8 Å². The summed E-state index contributed by atoms with van der Waals surface area (Å²) in [6.07, 6.45) is 2.30. The second kappa shape index (κ2) is 9.42. The van der Waals surface area contributed by atoms with Crippen molar-refractivity contribution < 1.29 is 17.9 Å². The summed E-state index contributed by atoms with van der Waals surface area (Å²) in [5.41, 5.74) is 8.04. The third-order valence-corrected chi connectivity index (χ3v) is 8.39. The van der Waals surface area contributed by atoms with Crippen LogP contribution in [0.15, 0.2) is 53.6 Å². The van der Waals surface area contributed by atoms with Gasteiger partial charge in [0.15, 0.2) is 0 Å². The fraction of sp³-hybridized carbons (Fsp3) is 0.346. The number of benzene rings is 1. The zero-order valence-electron chi connectivity index (χ0n) is 21.1. The quantitative estimate of drug-likeness (QED) is 0.514. The third-order valence-electron chi connectivity index (χ3n) is 7.01. The maximum Gasteiger partial charge on any atom is 0.268 e. The SMILES string of the molecule is COc1ccc(C)cc1-c1ccc(C(=O)NS(=O)(=O)c2cccnc2N)c(N2CCC(C)C2(C)C)n1. The Hall–Kier alpha value is -3.66. The first kappa shape index (κ1) is 25.4. The number of anilines is 2. The van der Waals surface area contributed by atoms with E-state index >= 15 is 0 Å². The summed E-state index contributed by atoms with van der Waals surface area (Å²) in [6.45, 7) is 9.01. The average molecular weight is 510 g/mol. The third kappa shape index (κ3) is 4.60. The Morgan fingerprint density at radius 2 is 1.97 bits per heavy atom. The fourth-order valence-electron chi connectivity index (χ4n) is 4.47. The van der Waals surface area contributed by atoms with Gasteiger partial charge < -0.3 is 15.4 Å². The van der Waals surface area contributed by atoms with Gasteiger partial charge in [0.05, 0.1) is 18.4 Å². The Balaban J connectivity index is 1.82. The van der Waals surface area contributed by atoms with Crippen molar-refractivity contribution in [1.82, 2.24) is 14.7 Å². The second-order valence-electron chi connectivity index (χ2n) is 9.59. The highest BCUT2D eigenvalue weighted by atomic mass is 32.2. The van der Waals surface area contributed by atoms with Crippen molar-refractivity contribution in [2.45, 2.75) is 44.6 Å². The second-order valence-corrected chi connectivity index (χ2v) is 11.2. The zero-order valence-corrected chi connectivity index (χ0v) is 21.9. The molecule has 3 N–H and O–H groups in total. The number of carbonyl (C=O) groups excluding carboxylic acids is 1. The van der Waals surface area contributed by atoms with Crippen molar-refractivity contribution in [3.8, 4) is 17.0 Å². The van der Waals surface area contributed by atoms with Crippen LogP contribution >= 0.6 is 0 Å². The van der Waals surface area contributed by atoms with Gasteiger partial charge in [0.1, 0.15) is 22.3 Å². The number of pyridine rings is 2. The molecule has 3 heterocycles. The smallest absolute Gasteiger partial charge is 0.268 e. The van der Waals surface area contributed by atoms with E-state index in [1.165, 1.54) is 18.3 Å². The molecule has 190 valence electrons. The van der Waals surface area contributed by atoms with Gasteiger partial charge in [-0.25, -0.2) is 23.1 Å². The van der Waals surface area contributed by atoms with E-state index in [1.54, 1.807) is 19.2 Å². The van der Waals surface area contributed by atoms with Crippen molar-refractivity contribution in [3.05, 3.63) is 59.8 Å². The molecule has 4 rings (SSSR count). The lowest BCUT2D eigenvalue weighted by atomic mass is 9.90. The molecule has 1 aliphatic heterocycles. The van der Waals surface area contributed by atoms with Crippen LogP contribution in [0.25, 0.3) is 11.3 Å². The van der Waals surface area contributed by atoms with E-state index in [0.717, 1.165) is 17.5 Å². The molecule has 1 aliphatic rings. The van der Waals surface area contributed by atoms with Crippen LogP contribution in [0, 0.1) is 12.8 Å². The number of aromatic nitrogens is 2. The molecule has 1 amide bonds. The molecule has 0 saturated carbocycles. The number of aryl methyl sites for hydroxylation is 1. The number of nitrogens with two attached hydrogens (primary N) is 1. The van der Waals surface area contributed by atoms with Crippen molar-refractivity contribution in [2.24, 2.45) is 5.92 Å². The van der Waals surface area contributed by atoms with Gasteiger partial charge in [-0.05, 0) is 69.5 Å². The molecule has 1 saturated heterocycles.